The summed E-state index contributed by atoms with van der Waals surface area (Å²) in [4.78, 5) is 4.56. The lowest BCUT2D eigenvalue weighted by molar-refractivity contribution is 0.102. The number of nitrogens with zero attached hydrogens (tertiary/aromatic N) is 2. The highest BCUT2D eigenvalue weighted by Crippen LogP contribution is 2.40. The molecule has 4 rings (SSSR count). The molecule has 0 spiro atoms. The van der Waals surface area contributed by atoms with Crippen molar-refractivity contribution in [2.75, 3.05) is 5.32 Å². The number of hydrogen-bond acceptors (Lipinski definition) is 5. The summed E-state index contributed by atoms with van der Waals surface area (Å²) in [6.45, 7) is 0. The lowest BCUT2D eigenvalue weighted by Gasteiger charge is -2.18. The molecule has 2 aliphatic heterocycles. The molecule has 1 aliphatic carbocycles. The van der Waals surface area contributed by atoms with E-state index in [2.05, 4.69) is 14.7 Å². The molecule has 2 saturated heterocycles. The van der Waals surface area contributed by atoms with E-state index >= 15 is 0 Å². The molecule has 86 valence electrons. The van der Waals surface area contributed by atoms with E-state index in [9.17, 15) is 0 Å². The molecule has 16 heavy (non-hydrogen) atoms. The van der Waals surface area contributed by atoms with Crippen LogP contribution in [0.5, 0.6) is 0 Å². The largest absolute Gasteiger partial charge is 0.373 e. The molecule has 1 aromatic heterocycles. The van der Waals surface area contributed by atoms with Crippen LogP contribution in [0, 0.1) is 0 Å². The van der Waals surface area contributed by atoms with E-state index in [4.69, 9.17) is 4.74 Å². The predicted molar refractivity (Wildman–Crippen MR) is 61.8 cm³/mol. The first-order chi connectivity index (χ1) is 7.88. The third kappa shape index (κ3) is 1.53. The molecule has 0 unspecified atom stereocenters. The first-order valence-electron chi connectivity index (χ1n) is 6.14. The van der Waals surface area contributed by atoms with Crippen molar-refractivity contribution in [3.63, 3.8) is 0 Å². The van der Waals surface area contributed by atoms with Gasteiger partial charge in [0, 0.05) is 17.5 Å². The maximum atomic E-state index is 5.82. The van der Waals surface area contributed by atoms with Crippen molar-refractivity contribution < 1.29 is 4.74 Å². The number of rotatable bonds is 3. The van der Waals surface area contributed by atoms with E-state index < -0.39 is 0 Å². The van der Waals surface area contributed by atoms with E-state index in [0.29, 0.717) is 24.2 Å². The minimum absolute atomic E-state index is 0.415. The highest BCUT2D eigenvalue weighted by molar-refractivity contribution is 7.09. The van der Waals surface area contributed by atoms with Crippen LogP contribution in [0.2, 0.25) is 0 Å². The van der Waals surface area contributed by atoms with Crippen LogP contribution in [0.1, 0.15) is 43.8 Å². The van der Waals surface area contributed by atoms with Crippen LogP contribution in [-0.2, 0) is 4.74 Å². The van der Waals surface area contributed by atoms with Crippen molar-refractivity contribution in [1.29, 1.82) is 0 Å². The minimum Gasteiger partial charge on any atom is -0.373 e. The van der Waals surface area contributed by atoms with Gasteiger partial charge in [-0.05, 0) is 32.1 Å². The van der Waals surface area contributed by atoms with Gasteiger partial charge in [-0.3, -0.25) is 0 Å². The van der Waals surface area contributed by atoms with Crippen molar-refractivity contribution in [2.24, 2.45) is 0 Å². The molecule has 2 bridgehead atoms. The molecular weight excluding hydrogens is 222 g/mol. The molecule has 0 radical (unpaired) electrons. The molecule has 4 nitrogen and oxygen atoms in total. The third-order valence-electron chi connectivity index (χ3n) is 3.80. The van der Waals surface area contributed by atoms with Gasteiger partial charge < -0.3 is 10.1 Å². The molecule has 1 aromatic rings. The molecule has 3 aliphatic rings. The lowest BCUT2D eigenvalue weighted by Crippen LogP contribution is -2.30. The van der Waals surface area contributed by atoms with Gasteiger partial charge in [-0.1, -0.05) is 0 Å². The van der Waals surface area contributed by atoms with Crippen LogP contribution in [-0.4, -0.2) is 27.6 Å². The summed E-state index contributed by atoms with van der Waals surface area (Å²) in [6, 6.07) is 0.471. The molecule has 3 atom stereocenters. The second-order valence-electron chi connectivity index (χ2n) is 5.09. The lowest BCUT2D eigenvalue weighted by atomic mass is 9.96. The van der Waals surface area contributed by atoms with Gasteiger partial charge >= 0.3 is 0 Å². The maximum absolute atomic E-state index is 5.82. The fourth-order valence-electron chi connectivity index (χ4n) is 2.75. The first-order valence-corrected chi connectivity index (χ1v) is 6.91. The fourth-order valence-corrected chi connectivity index (χ4v) is 3.46. The Morgan fingerprint density at radius 2 is 2.19 bits per heavy atom. The van der Waals surface area contributed by atoms with Gasteiger partial charge in [0.15, 0.2) is 0 Å². The first kappa shape index (κ1) is 9.36. The summed E-state index contributed by atoms with van der Waals surface area (Å²) in [7, 11) is 0. The number of anilines is 1. The molecule has 3 fully saturated rings. The Balaban J connectivity index is 1.45. The van der Waals surface area contributed by atoms with Gasteiger partial charge in [0.05, 0.1) is 18.2 Å². The molecule has 5 heteroatoms. The summed E-state index contributed by atoms with van der Waals surface area (Å²) >= 11 is 1.50. The Bertz CT molecular complexity index is 404. The van der Waals surface area contributed by atoms with Gasteiger partial charge in [-0.25, -0.2) is 4.98 Å². The van der Waals surface area contributed by atoms with Crippen LogP contribution in [0.3, 0.4) is 0 Å². The quantitative estimate of drug-likeness (QED) is 0.875. The van der Waals surface area contributed by atoms with Gasteiger partial charge in [-0.15, -0.1) is 0 Å². The average Bonchev–Trinajstić information content (AvgIpc) is 2.76. The van der Waals surface area contributed by atoms with E-state index in [1.165, 1.54) is 37.2 Å². The second-order valence-corrected chi connectivity index (χ2v) is 5.84. The Morgan fingerprint density at radius 1 is 1.25 bits per heavy atom. The van der Waals surface area contributed by atoms with Crippen molar-refractivity contribution in [3.05, 3.63) is 5.82 Å². The van der Waals surface area contributed by atoms with Crippen molar-refractivity contribution in [3.8, 4) is 0 Å². The highest BCUT2D eigenvalue weighted by atomic mass is 32.1. The van der Waals surface area contributed by atoms with Crippen LogP contribution in [0.4, 0.5) is 5.13 Å². The van der Waals surface area contributed by atoms with E-state index in [-0.39, 0.29) is 0 Å². The van der Waals surface area contributed by atoms with E-state index in [0.717, 1.165) is 17.4 Å². The van der Waals surface area contributed by atoms with Crippen LogP contribution >= 0.6 is 11.5 Å². The molecule has 1 N–H and O–H groups in total. The van der Waals surface area contributed by atoms with Gasteiger partial charge in [-0.2, -0.15) is 4.37 Å². The van der Waals surface area contributed by atoms with Crippen LogP contribution in [0.25, 0.3) is 0 Å². The van der Waals surface area contributed by atoms with Crippen molar-refractivity contribution in [1.82, 2.24) is 9.36 Å². The standard InChI is InChI=1S/C11H15N3OS/c1-2-6(1)10-13-11(16-14-10)12-8-5-7-3-4-9(8)15-7/h6-9H,1-5H2,(H,12,13,14)/t7-,8+,9-/m1/s1. The molecule has 1 saturated carbocycles. The topological polar surface area (TPSA) is 47.0 Å². The minimum atomic E-state index is 0.415. The van der Waals surface area contributed by atoms with Gasteiger partial charge in [0.2, 0.25) is 5.13 Å². The summed E-state index contributed by atoms with van der Waals surface area (Å²) < 4.78 is 10.2. The van der Waals surface area contributed by atoms with Crippen molar-refractivity contribution >= 4 is 16.7 Å². The summed E-state index contributed by atoms with van der Waals surface area (Å²) in [5.41, 5.74) is 0. The molecule has 3 heterocycles. The number of hydrogen-bond donors (Lipinski definition) is 1. The Hall–Kier alpha value is -0.680. The Labute approximate surface area is 98.6 Å². The Kier molecular flexibility index (Phi) is 1.99. The van der Waals surface area contributed by atoms with Crippen LogP contribution in [0.15, 0.2) is 0 Å². The zero-order valence-electron chi connectivity index (χ0n) is 9.06. The van der Waals surface area contributed by atoms with Crippen molar-refractivity contribution in [2.45, 2.75) is 56.3 Å². The number of aromatic nitrogens is 2. The maximum Gasteiger partial charge on any atom is 0.202 e. The summed E-state index contributed by atoms with van der Waals surface area (Å²) in [6.07, 6.45) is 7.05. The molecular formula is C11H15N3OS. The normalized spacial score (nSPS) is 36.9. The highest BCUT2D eigenvalue weighted by Gasteiger charge is 2.41. The second kappa shape index (κ2) is 3.40. The number of nitrogens with one attached hydrogen (secondary N) is 1. The summed E-state index contributed by atoms with van der Waals surface area (Å²) in [5.74, 6) is 1.71. The third-order valence-corrected chi connectivity index (χ3v) is 4.46. The monoisotopic (exact) mass is 237 g/mol. The number of fused-ring (bicyclic) bond motifs is 2. The predicted octanol–water partition coefficient (Wildman–Crippen LogP) is 2.15. The molecule has 0 amide bonds. The van der Waals surface area contributed by atoms with Gasteiger partial charge in [0.25, 0.3) is 0 Å². The zero-order valence-corrected chi connectivity index (χ0v) is 9.87. The Morgan fingerprint density at radius 3 is 2.88 bits per heavy atom. The fraction of sp³-hybridized carbons (Fsp3) is 0.818. The number of ether oxygens (including phenoxy) is 1. The average molecular weight is 237 g/mol. The van der Waals surface area contributed by atoms with E-state index in [1.54, 1.807) is 0 Å². The molecule has 0 aromatic carbocycles. The summed E-state index contributed by atoms with van der Waals surface area (Å²) in [5, 5.41) is 4.48. The smallest absolute Gasteiger partial charge is 0.202 e. The zero-order chi connectivity index (χ0) is 10.5. The van der Waals surface area contributed by atoms with Crippen LogP contribution < -0.4 is 5.32 Å². The van der Waals surface area contributed by atoms with Gasteiger partial charge in [0.1, 0.15) is 5.82 Å². The van der Waals surface area contributed by atoms with E-state index in [1.807, 2.05) is 0 Å². The SMILES string of the molecule is C1CC1c1nsc(N[C@H]2C[C@H]3CC[C@H]2O3)n1.